The third-order valence-electron chi connectivity index (χ3n) is 4.76. The molecule has 2 heterocycles. The Labute approximate surface area is 199 Å². The normalized spacial score (nSPS) is 11.0. The van der Waals surface area contributed by atoms with Gasteiger partial charge in [-0.3, -0.25) is 14.3 Å². The molecule has 170 valence electrons. The molecule has 0 unspecified atom stereocenters. The number of aryl methyl sites for hydroxylation is 1. The van der Waals surface area contributed by atoms with Gasteiger partial charge in [-0.15, -0.1) is 10.2 Å². The Balaban J connectivity index is 1.46. The van der Waals surface area contributed by atoms with Gasteiger partial charge in [0.2, 0.25) is 0 Å². The minimum absolute atomic E-state index is 0.0790. The number of rotatable bonds is 8. The number of thioether (sulfide) groups is 1. The van der Waals surface area contributed by atoms with Crippen LogP contribution in [0.1, 0.15) is 21.5 Å². The number of amides is 1. The zero-order valence-corrected chi connectivity index (χ0v) is 18.9. The van der Waals surface area contributed by atoms with Gasteiger partial charge >= 0.3 is 5.97 Å². The van der Waals surface area contributed by atoms with Gasteiger partial charge in [-0.25, -0.2) is 10.2 Å². The van der Waals surface area contributed by atoms with Gasteiger partial charge in [-0.1, -0.05) is 41.6 Å². The molecule has 2 aromatic carbocycles. The van der Waals surface area contributed by atoms with Crippen LogP contribution in [0.2, 0.25) is 0 Å². The van der Waals surface area contributed by atoms with Gasteiger partial charge < -0.3 is 5.11 Å². The number of carboxylic acids is 1. The molecule has 0 fully saturated rings. The summed E-state index contributed by atoms with van der Waals surface area (Å²) in [5, 5.41) is 22.1. The molecular formula is C24H20N6O3S. The predicted molar refractivity (Wildman–Crippen MR) is 129 cm³/mol. The van der Waals surface area contributed by atoms with Crippen LogP contribution in [0.5, 0.6) is 0 Å². The first-order valence-electron chi connectivity index (χ1n) is 10.2. The van der Waals surface area contributed by atoms with Crippen LogP contribution >= 0.6 is 11.8 Å². The molecule has 0 atom stereocenters. The molecule has 2 aromatic heterocycles. The highest BCUT2D eigenvalue weighted by atomic mass is 32.2. The molecule has 0 aliphatic carbocycles. The van der Waals surface area contributed by atoms with Crippen molar-refractivity contribution in [2.75, 3.05) is 5.75 Å². The molecule has 0 aliphatic heterocycles. The summed E-state index contributed by atoms with van der Waals surface area (Å²) >= 11 is 1.24. The van der Waals surface area contributed by atoms with Crippen molar-refractivity contribution in [2.45, 2.75) is 12.1 Å². The number of carboxylic acid groups (broad SMARTS) is 1. The fraction of sp³-hybridized carbons (Fsp3) is 0.0833. The van der Waals surface area contributed by atoms with Crippen LogP contribution in [0.4, 0.5) is 0 Å². The zero-order chi connectivity index (χ0) is 23.9. The lowest BCUT2D eigenvalue weighted by molar-refractivity contribution is -0.118. The number of benzene rings is 2. The quantitative estimate of drug-likeness (QED) is 0.228. The number of nitrogens with one attached hydrogen (secondary N) is 1. The van der Waals surface area contributed by atoms with Crippen LogP contribution in [-0.4, -0.2) is 48.7 Å². The summed E-state index contributed by atoms with van der Waals surface area (Å²) in [7, 11) is 0. The highest BCUT2D eigenvalue weighted by molar-refractivity contribution is 7.99. The minimum atomic E-state index is -1.00. The average Bonchev–Trinajstić information content (AvgIpc) is 3.28. The van der Waals surface area contributed by atoms with Gasteiger partial charge in [0.05, 0.1) is 17.5 Å². The topological polar surface area (TPSA) is 122 Å². The third-order valence-corrected chi connectivity index (χ3v) is 5.69. The van der Waals surface area contributed by atoms with Crippen molar-refractivity contribution in [3.05, 3.63) is 89.7 Å². The molecule has 34 heavy (non-hydrogen) atoms. The molecule has 0 aliphatic rings. The Bertz CT molecular complexity index is 1320. The lowest BCUT2D eigenvalue weighted by Gasteiger charge is -2.10. The number of nitrogens with zero attached hydrogens (tertiary/aromatic N) is 5. The largest absolute Gasteiger partial charge is 0.478 e. The van der Waals surface area contributed by atoms with Crippen molar-refractivity contribution in [3.8, 4) is 17.1 Å². The second-order valence-electron chi connectivity index (χ2n) is 7.22. The summed E-state index contributed by atoms with van der Waals surface area (Å²) in [6.45, 7) is 2.01. The Hall–Kier alpha value is -4.31. The van der Waals surface area contributed by atoms with E-state index in [9.17, 15) is 9.59 Å². The molecule has 0 bridgehead atoms. The van der Waals surface area contributed by atoms with Gasteiger partial charge in [0.25, 0.3) is 5.91 Å². The summed E-state index contributed by atoms with van der Waals surface area (Å²) in [6.07, 6.45) is 4.83. The smallest absolute Gasteiger partial charge is 0.335 e. The molecule has 10 heteroatoms. The molecule has 0 saturated heterocycles. The van der Waals surface area contributed by atoms with Crippen LogP contribution in [-0.2, 0) is 4.79 Å². The molecule has 0 saturated carbocycles. The Kier molecular flexibility index (Phi) is 7.09. The summed E-state index contributed by atoms with van der Waals surface area (Å²) < 4.78 is 1.90. The minimum Gasteiger partial charge on any atom is -0.478 e. The average molecular weight is 473 g/mol. The Morgan fingerprint density at radius 2 is 1.74 bits per heavy atom. The lowest BCUT2D eigenvalue weighted by Crippen LogP contribution is -2.20. The third kappa shape index (κ3) is 5.54. The summed E-state index contributed by atoms with van der Waals surface area (Å²) in [6, 6.07) is 17.8. The van der Waals surface area contributed by atoms with Gasteiger partial charge in [0.15, 0.2) is 11.0 Å². The second-order valence-corrected chi connectivity index (χ2v) is 8.16. The highest BCUT2D eigenvalue weighted by Crippen LogP contribution is 2.27. The first-order valence-corrected chi connectivity index (χ1v) is 11.2. The molecule has 9 nitrogen and oxygen atoms in total. The van der Waals surface area contributed by atoms with E-state index in [2.05, 4.69) is 25.7 Å². The van der Waals surface area contributed by atoms with Gasteiger partial charge in [0.1, 0.15) is 0 Å². The van der Waals surface area contributed by atoms with E-state index < -0.39 is 5.97 Å². The first-order chi connectivity index (χ1) is 16.5. The van der Waals surface area contributed by atoms with E-state index >= 15 is 0 Å². The standard InChI is InChI=1S/C24H20N6O3S/c1-16-2-8-20(9-3-16)30-22(18-10-12-25-13-11-18)28-29-24(30)34-15-21(31)27-26-14-17-4-6-19(7-5-17)23(32)33/h2-14H,15H2,1H3,(H,27,31)(H,32,33)/b26-14+. The van der Waals surface area contributed by atoms with Crippen molar-refractivity contribution in [1.82, 2.24) is 25.2 Å². The van der Waals surface area contributed by atoms with Gasteiger partial charge in [-0.2, -0.15) is 5.10 Å². The second kappa shape index (κ2) is 10.5. The molecule has 2 N–H and O–H groups in total. The Morgan fingerprint density at radius 3 is 2.41 bits per heavy atom. The summed E-state index contributed by atoms with van der Waals surface area (Å²) in [5.41, 5.74) is 6.19. The molecule has 0 spiro atoms. The fourth-order valence-corrected chi connectivity index (χ4v) is 3.78. The van der Waals surface area contributed by atoms with Crippen molar-refractivity contribution < 1.29 is 14.7 Å². The number of hydrogen-bond donors (Lipinski definition) is 2. The number of aromatic nitrogens is 4. The van der Waals surface area contributed by atoms with Gasteiger partial charge in [-0.05, 0) is 48.9 Å². The number of aromatic carboxylic acids is 1. The fourth-order valence-electron chi connectivity index (χ4n) is 3.03. The molecule has 4 rings (SSSR count). The van der Waals surface area contributed by atoms with Crippen molar-refractivity contribution >= 4 is 29.9 Å². The van der Waals surface area contributed by atoms with E-state index in [4.69, 9.17) is 5.11 Å². The van der Waals surface area contributed by atoms with E-state index in [1.165, 1.54) is 30.1 Å². The highest BCUT2D eigenvalue weighted by Gasteiger charge is 2.17. The molecular weight excluding hydrogens is 452 g/mol. The van der Waals surface area contributed by atoms with Crippen LogP contribution in [0, 0.1) is 6.92 Å². The van der Waals surface area contributed by atoms with Crippen LogP contribution in [0.15, 0.2) is 83.3 Å². The summed E-state index contributed by atoms with van der Waals surface area (Å²) in [4.78, 5) is 27.3. The Morgan fingerprint density at radius 1 is 1.03 bits per heavy atom. The SMILES string of the molecule is Cc1ccc(-n2c(SCC(=O)N/N=C/c3ccc(C(=O)O)cc3)nnc2-c2ccncc2)cc1. The van der Waals surface area contributed by atoms with E-state index in [1.807, 2.05) is 47.9 Å². The van der Waals surface area contributed by atoms with E-state index in [-0.39, 0.29) is 17.2 Å². The number of pyridine rings is 1. The number of carbonyl (C=O) groups is 2. The van der Waals surface area contributed by atoms with Crippen LogP contribution in [0.25, 0.3) is 17.1 Å². The van der Waals surface area contributed by atoms with Crippen molar-refractivity contribution in [3.63, 3.8) is 0 Å². The molecule has 0 radical (unpaired) electrons. The molecule has 4 aromatic rings. The maximum Gasteiger partial charge on any atom is 0.335 e. The number of carbonyl (C=O) groups excluding carboxylic acids is 1. The van der Waals surface area contributed by atoms with Crippen LogP contribution in [0.3, 0.4) is 0 Å². The molecule has 1 amide bonds. The van der Waals surface area contributed by atoms with Gasteiger partial charge in [0, 0.05) is 23.6 Å². The summed E-state index contributed by atoms with van der Waals surface area (Å²) in [5.74, 6) is -0.584. The monoisotopic (exact) mass is 472 g/mol. The van der Waals surface area contributed by atoms with E-state index in [1.54, 1.807) is 24.5 Å². The maximum absolute atomic E-state index is 12.3. The lowest BCUT2D eigenvalue weighted by atomic mass is 10.1. The predicted octanol–water partition coefficient (Wildman–Crippen LogP) is 3.58. The number of hydrazone groups is 1. The van der Waals surface area contributed by atoms with E-state index in [0.717, 1.165) is 16.8 Å². The number of hydrogen-bond acceptors (Lipinski definition) is 7. The maximum atomic E-state index is 12.3. The van der Waals surface area contributed by atoms with Crippen molar-refractivity contribution in [2.24, 2.45) is 5.10 Å². The zero-order valence-electron chi connectivity index (χ0n) is 18.1. The van der Waals surface area contributed by atoms with E-state index in [0.29, 0.717) is 16.5 Å². The van der Waals surface area contributed by atoms with Crippen LogP contribution < -0.4 is 5.43 Å². The van der Waals surface area contributed by atoms with Crippen molar-refractivity contribution in [1.29, 1.82) is 0 Å². The first kappa shape index (κ1) is 22.9.